The molecular weight excluding hydrogens is 769 g/mol. The molecule has 0 bridgehead atoms. The van der Waals surface area contributed by atoms with Gasteiger partial charge in [-0.05, 0) is 61.6 Å². The Balaban J connectivity index is 0.000000428. The Morgan fingerprint density at radius 1 is 1.06 bits per heavy atom. The van der Waals surface area contributed by atoms with E-state index >= 15 is 0 Å². The number of nitro groups is 1. The zero-order chi connectivity index (χ0) is 40.5. The van der Waals surface area contributed by atoms with Crippen LogP contribution in [0.5, 0.6) is 17.2 Å². The van der Waals surface area contributed by atoms with Gasteiger partial charge in [-0.25, -0.2) is 0 Å². The number of alkyl halides is 4. The number of rotatable bonds is 15. The summed E-state index contributed by atoms with van der Waals surface area (Å²) in [6.45, 7) is 7.43. The van der Waals surface area contributed by atoms with Crippen molar-refractivity contribution >= 4 is 53.8 Å². The molecule has 1 amide bonds. The number of carboxylic acids is 1. The van der Waals surface area contributed by atoms with Crippen molar-refractivity contribution in [3.63, 3.8) is 0 Å². The number of anilines is 1. The van der Waals surface area contributed by atoms with Crippen molar-refractivity contribution < 1.29 is 56.5 Å². The lowest BCUT2D eigenvalue weighted by atomic mass is 10.0. The van der Waals surface area contributed by atoms with E-state index in [0.29, 0.717) is 0 Å². The fourth-order valence-corrected chi connectivity index (χ4v) is 5.51. The molecule has 2 atom stereocenters. The number of carbonyl (C=O) groups excluding carboxylic acids is 1. The molecule has 4 N–H and O–H groups in total. The number of carboxylic acid groups (broad SMARTS) is 1. The maximum Gasteiger partial charge on any atom is 0.416 e. The van der Waals surface area contributed by atoms with Crippen molar-refractivity contribution in [1.29, 1.82) is 0 Å². The number of nitrogens with zero attached hydrogens (tertiary/aromatic N) is 2. The standard InChI is InChI=1S/C15H11ClF3NO4.C14H20ClNO2.C5H12NO4P/c1-2-23-14-8-10(4-5-12(14)20(21)22)24-13-6-3-9(7-11(13)16)15(17,18)19;1-4-11-7-6-8-12(5-2)14(11)16(10-18-3)13(17)9-15;1-11(9,10)3-2-4(6)5(7)8/h3-8H,2H2,1H3;6-8H,4-5,9-10H2,1-3H3;4H,2-3,6H2,1H3,(H,7,8)(H,9,10). The van der Waals surface area contributed by atoms with Crippen LogP contribution in [0.3, 0.4) is 0 Å². The molecule has 3 rings (SSSR count). The second kappa shape index (κ2) is 22.3. The molecule has 0 aliphatic rings. The van der Waals surface area contributed by atoms with Crippen molar-refractivity contribution in [3.05, 3.63) is 86.4 Å². The van der Waals surface area contributed by atoms with E-state index in [1.807, 2.05) is 18.2 Å². The van der Waals surface area contributed by atoms with Gasteiger partial charge in [0.1, 0.15) is 30.2 Å². The van der Waals surface area contributed by atoms with Crippen molar-refractivity contribution in [2.45, 2.75) is 52.3 Å². The summed E-state index contributed by atoms with van der Waals surface area (Å²) in [5.74, 6) is -1.19. The van der Waals surface area contributed by atoms with E-state index in [1.165, 1.54) is 24.9 Å². The number of benzene rings is 3. The van der Waals surface area contributed by atoms with Crippen molar-refractivity contribution in [3.8, 4) is 17.2 Å². The molecule has 0 saturated heterocycles. The first kappa shape index (κ1) is 47.1. The van der Waals surface area contributed by atoms with E-state index in [1.54, 1.807) is 18.9 Å². The average molecular weight is 813 g/mol. The van der Waals surface area contributed by atoms with Crippen molar-refractivity contribution in [2.75, 3.05) is 44.1 Å². The Hall–Kier alpha value is -3.92. The molecule has 0 saturated carbocycles. The fraction of sp³-hybridized carbons (Fsp3) is 0.412. The van der Waals surface area contributed by atoms with E-state index in [9.17, 15) is 37.4 Å². The van der Waals surface area contributed by atoms with Gasteiger partial charge in [-0.15, -0.1) is 11.6 Å². The number of ether oxygens (including phenoxy) is 3. The van der Waals surface area contributed by atoms with Crippen LogP contribution in [0, 0.1) is 10.1 Å². The topological polar surface area (TPSA) is 192 Å². The number of halogens is 5. The molecule has 19 heteroatoms. The number of hydrogen-bond acceptors (Lipinski definition) is 9. The predicted molar refractivity (Wildman–Crippen MR) is 197 cm³/mol. The minimum Gasteiger partial charge on any atom is -0.487 e. The molecule has 2 unspecified atom stereocenters. The Morgan fingerprint density at radius 2 is 1.66 bits per heavy atom. The van der Waals surface area contributed by atoms with Gasteiger partial charge < -0.3 is 29.9 Å². The van der Waals surface area contributed by atoms with E-state index in [-0.39, 0.29) is 65.7 Å². The number of para-hydroxylation sites is 1. The highest BCUT2D eigenvalue weighted by molar-refractivity contribution is 7.57. The first-order chi connectivity index (χ1) is 24.7. The number of aryl methyl sites for hydroxylation is 2. The number of nitrogens with two attached hydrogens (primary N) is 1. The molecule has 0 aliphatic heterocycles. The van der Waals surface area contributed by atoms with Crippen LogP contribution in [-0.4, -0.2) is 72.0 Å². The van der Waals surface area contributed by atoms with Gasteiger partial charge in [0.2, 0.25) is 11.7 Å². The van der Waals surface area contributed by atoms with Crippen LogP contribution >= 0.6 is 30.6 Å². The Kier molecular flexibility index (Phi) is 19.8. The van der Waals surface area contributed by atoms with Crippen LogP contribution in [0.25, 0.3) is 0 Å². The van der Waals surface area contributed by atoms with E-state index in [4.69, 9.17) is 53.1 Å². The zero-order valence-corrected chi connectivity index (χ0v) is 32.1. The van der Waals surface area contributed by atoms with Gasteiger partial charge in [0.15, 0.2) is 7.37 Å². The lowest BCUT2D eigenvalue weighted by molar-refractivity contribution is -0.385. The maximum absolute atomic E-state index is 12.6. The number of aliphatic carboxylic acids is 1. The SMILES string of the molecule is CCOc1cc(Oc2ccc(C(F)(F)F)cc2Cl)ccc1[N+](=O)[O-].CCc1cccc(CC)c1N(COC)C(=O)CCl.CP(=O)(O)CCC(N)C(=O)O. The van der Waals surface area contributed by atoms with Gasteiger partial charge in [0.25, 0.3) is 0 Å². The van der Waals surface area contributed by atoms with Gasteiger partial charge in [-0.1, -0.05) is 43.6 Å². The Bertz CT molecular complexity index is 1710. The summed E-state index contributed by atoms with van der Waals surface area (Å²) in [6, 6.07) is 11.5. The van der Waals surface area contributed by atoms with Gasteiger partial charge >= 0.3 is 17.8 Å². The molecule has 0 aliphatic carbocycles. The summed E-state index contributed by atoms with van der Waals surface area (Å²) >= 11 is 11.5. The molecule has 294 valence electrons. The summed E-state index contributed by atoms with van der Waals surface area (Å²) in [7, 11) is -1.52. The number of methoxy groups -OCH3 is 1. The third-order valence-electron chi connectivity index (χ3n) is 7.00. The average Bonchev–Trinajstić information content (AvgIpc) is 3.09. The largest absolute Gasteiger partial charge is 0.487 e. The van der Waals surface area contributed by atoms with Crippen LogP contribution in [0.4, 0.5) is 24.5 Å². The lowest BCUT2D eigenvalue weighted by Crippen LogP contribution is -2.35. The molecular formula is C34H43Cl2F3N3O10P. The van der Waals surface area contributed by atoms with Gasteiger partial charge in [0.05, 0.1) is 27.8 Å². The lowest BCUT2D eigenvalue weighted by Gasteiger charge is -2.26. The quantitative estimate of drug-likeness (QED) is 0.0441. The van der Waals surface area contributed by atoms with E-state index in [2.05, 4.69) is 13.8 Å². The first-order valence-electron chi connectivity index (χ1n) is 15.9. The number of amides is 1. The van der Waals surface area contributed by atoms with Crippen LogP contribution < -0.4 is 20.1 Å². The second-order valence-electron chi connectivity index (χ2n) is 11.1. The molecule has 3 aromatic carbocycles. The maximum atomic E-state index is 12.6. The van der Waals surface area contributed by atoms with E-state index in [0.717, 1.165) is 47.9 Å². The highest BCUT2D eigenvalue weighted by Gasteiger charge is 2.31. The van der Waals surface area contributed by atoms with Gasteiger partial charge in [0, 0.05) is 32.1 Å². The molecule has 0 fully saturated rings. The zero-order valence-electron chi connectivity index (χ0n) is 29.7. The van der Waals surface area contributed by atoms with Crippen molar-refractivity contribution in [2.24, 2.45) is 5.73 Å². The second-order valence-corrected chi connectivity index (χ2v) is 14.3. The predicted octanol–water partition coefficient (Wildman–Crippen LogP) is 8.13. The molecule has 53 heavy (non-hydrogen) atoms. The van der Waals surface area contributed by atoms with Crippen LogP contribution in [0.15, 0.2) is 54.6 Å². The smallest absolute Gasteiger partial charge is 0.416 e. The summed E-state index contributed by atoms with van der Waals surface area (Å²) in [5.41, 5.74) is 7.18. The van der Waals surface area contributed by atoms with Gasteiger partial charge in [-0.2, -0.15) is 13.2 Å². The normalized spacial score (nSPS) is 12.5. The minimum absolute atomic E-state index is 0.0111. The Morgan fingerprint density at radius 3 is 2.09 bits per heavy atom. The molecule has 13 nitrogen and oxygen atoms in total. The highest BCUT2D eigenvalue weighted by Crippen LogP contribution is 2.39. The van der Waals surface area contributed by atoms with Crippen LogP contribution in [0.1, 0.15) is 43.9 Å². The number of nitro benzene ring substituents is 1. The molecule has 3 aromatic rings. The summed E-state index contributed by atoms with van der Waals surface area (Å²) in [6.07, 6.45) is -2.77. The summed E-state index contributed by atoms with van der Waals surface area (Å²) in [4.78, 5) is 42.8. The fourth-order valence-electron chi connectivity index (χ4n) is 4.39. The molecule has 0 heterocycles. The van der Waals surface area contributed by atoms with E-state index < -0.39 is 36.0 Å². The number of hydrogen-bond donors (Lipinski definition) is 3. The van der Waals surface area contributed by atoms with Crippen LogP contribution in [-0.2, 0) is 37.9 Å². The monoisotopic (exact) mass is 811 g/mol. The summed E-state index contributed by atoms with van der Waals surface area (Å²) in [5, 5.41) is 19.0. The molecule has 0 aromatic heterocycles. The molecule has 0 spiro atoms. The molecule has 0 radical (unpaired) electrons. The third-order valence-corrected chi connectivity index (χ3v) is 8.61. The van der Waals surface area contributed by atoms with Gasteiger partial charge in [-0.3, -0.25) is 29.2 Å². The Labute approximate surface area is 315 Å². The highest BCUT2D eigenvalue weighted by atomic mass is 35.5. The third kappa shape index (κ3) is 15.9. The number of carbonyl (C=O) groups is 2. The van der Waals surface area contributed by atoms with Crippen LogP contribution in [0.2, 0.25) is 5.02 Å². The summed E-state index contributed by atoms with van der Waals surface area (Å²) < 4.78 is 64.2. The minimum atomic E-state index is -4.52. The van der Waals surface area contributed by atoms with Crippen molar-refractivity contribution in [1.82, 2.24) is 0 Å². The first-order valence-corrected chi connectivity index (χ1v) is 19.1.